The van der Waals surface area contributed by atoms with E-state index >= 15 is 0 Å². The van der Waals surface area contributed by atoms with Gasteiger partial charge in [-0.05, 0) is 18.9 Å². The van der Waals surface area contributed by atoms with Gasteiger partial charge in [0, 0.05) is 18.7 Å². The highest BCUT2D eigenvalue weighted by atomic mass is 35.5. The number of nitrogens with one attached hydrogen (secondary N) is 1. The quantitative estimate of drug-likeness (QED) is 0.664. The zero-order valence-corrected chi connectivity index (χ0v) is 12.1. The molecule has 0 amide bonds. The van der Waals surface area contributed by atoms with E-state index in [-0.39, 0.29) is 6.10 Å². The molecule has 0 spiro atoms. The molecule has 0 saturated carbocycles. The summed E-state index contributed by atoms with van der Waals surface area (Å²) < 4.78 is 6.80. The maximum Gasteiger partial charge on any atom is 0.189 e. The van der Waals surface area contributed by atoms with Crippen molar-refractivity contribution in [2.45, 2.75) is 25.5 Å². The molecule has 100 valence electrons. The molecule has 0 aliphatic carbocycles. The Hall–Kier alpha value is -0.490. The molecule has 4 nitrogen and oxygen atoms in total. The van der Waals surface area contributed by atoms with Crippen LogP contribution in [0.15, 0.2) is 11.1 Å². The average molecular weight is 308 g/mol. The first kappa shape index (κ1) is 13.9. The van der Waals surface area contributed by atoms with Crippen molar-refractivity contribution in [3.8, 4) is 0 Å². The standard InChI is InChI=1S/C11H15Cl2N3OS/c12-9-4-7(10(13)18-9)5-15-11(14)16-6-8-2-1-3-17-8/h4,8H,1-3,5-6H2,(H3,14,15,16). The van der Waals surface area contributed by atoms with Crippen molar-refractivity contribution in [2.75, 3.05) is 13.2 Å². The molecule has 3 N–H and O–H groups in total. The van der Waals surface area contributed by atoms with Gasteiger partial charge in [-0.15, -0.1) is 11.3 Å². The van der Waals surface area contributed by atoms with Crippen molar-refractivity contribution in [1.29, 1.82) is 0 Å². The number of rotatable bonds is 4. The van der Waals surface area contributed by atoms with Crippen LogP contribution >= 0.6 is 34.5 Å². The molecule has 1 saturated heterocycles. The molecule has 2 rings (SSSR count). The van der Waals surface area contributed by atoms with E-state index in [9.17, 15) is 0 Å². The van der Waals surface area contributed by atoms with Gasteiger partial charge in [-0.3, -0.25) is 0 Å². The van der Waals surface area contributed by atoms with E-state index < -0.39 is 0 Å². The summed E-state index contributed by atoms with van der Waals surface area (Å²) in [6.07, 6.45) is 2.44. The minimum Gasteiger partial charge on any atom is -0.376 e. The zero-order chi connectivity index (χ0) is 13.0. The number of aliphatic imine (C=N–C) groups is 1. The molecule has 0 aromatic carbocycles. The number of hydrogen-bond acceptors (Lipinski definition) is 3. The fourth-order valence-electron chi connectivity index (χ4n) is 1.73. The van der Waals surface area contributed by atoms with Crippen LogP contribution in [0.1, 0.15) is 18.4 Å². The number of hydrogen-bond donors (Lipinski definition) is 2. The van der Waals surface area contributed by atoms with Gasteiger partial charge >= 0.3 is 0 Å². The maximum absolute atomic E-state index is 5.99. The van der Waals surface area contributed by atoms with Crippen LogP contribution in [0.25, 0.3) is 0 Å². The van der Waals surface area contributed by atoms with Crippen LogP contribution in [-0.4, -0.2) is 25.2 Å². The normalized spacial score (nSPS) is 20.3. The van der Waals surface area contributed by atoms with E-state index in [1.165, 1.54) is 11.3 Å². The van der Waals surface area contributed by atoms with Crippen LogP contribution in [-0.2, 0) is 11.3 Å². The summed E-state index contributed by atoms with van der Waals surface area (Å²) in [4.78, 5) is 4.22. The lowest BCUT2D eigenvalue weighted by atomic mass is 10.2. The Kier molecular flexibility index (Phi) is 5.12. The van der Waals surface area contributed by atoms with Crippen LogP contribution in [0.3, 0.4) is 0 Å². The van der Waals surface area contributed by atoms with E-state index in [2.05, 4.69) is 10.3 Å². The third-order valence-corrected chi connectivity index (χ3v) is 4.25. The molecule has 2 heterocycles. The van der Waals surface area contributed by atoms with E-state index in [1.807, 2.05) is 6.07 Å². The molecule has 1 aromatic rings. The molecular weight excluding hydrogens is 293 g/mol. The largest absolute Gasteiger partial charge is 0.376 e. The average Bonchev–Trinajstić information content (AvgIpc) is 2.94. The van der Waals surface area contributed by atoms with E-state index in [0.29, 0.717) is 27.7 Å². The van der Waals surface area contributed by atoms with Crippen LogP contribution in [0.5, 0.6) is 0 Å². The second kappa shape index (κ2) is 6.61. The summed E-state index contributed by atoms with van der Waals surface area (Å²) in [5.74, 6) is 0.406. The van der Waals surface area contributed by atoms with Gasteiger partial charge in [0.1, 0.15) is 0 Å². The number of nitrogens with zero attached hydrogens (tertiary/aromatic N) is 1. The van der Waals surface area contributed by atoms with Crippen LogP contribution in [0, 0.1) is 0 Å². The number of thiophene rings is 1. The lowest BCUT2D eigenvalue weighted by Crippen LogP contribution is -2.37. The Morgan fingerprint density at radius 2 is 2.44 bits per heavy atom. The molecule has 1 aromatic heterocycles. The Morgan fingerprint density at radius 3 is 3.06 bits per heavy atom. The van der Waals surface area contributed by atoms with E-state index in [4.69, 9.17) is 33.7 Å². The minimum absolute atomic E-state index is 0.248. The molecular formula is C11H15Cl2N3OS. The van der Waals surface area contributed by atoms with E-state index in [0.717, 1.165) is 25.0 Å². The van der Waals surface area contributed by atoms with Gasteiger partial charge in [-0.25, -0.2) is 4.99 Å². The van der Waals surface area contributed by atoms with Gasteiger partial charge < -0.3 is 15.8 Å². The first-order valence-corrected chi connectivity index (χ1v) is 7.31. The Morgan fingerprint density at radius 1 is 1.61 bits per heavy atom. The number of guanidine groups is 1. The van der Waals surface area contributed by atoms with Crippen LogP contribution < -0.4 is 11.1 Å². The first-order valence-electron chi connectivity index (χ1n) is 5.74. The predicted octanol–water partition coefficient (Wildman–Crippen LogP) is 2.64. The number of nitrogens with two attached hydrogens (primary N) is 1. The highest BCUT2D eigenvalue weighted by Crippen LogP contribution is 2.31. The van der Waals surface area contributed by atoms with Crippen LogP contribution in [0.4, 0.5) is 0 Å². The molecule has 1 atom stereocenters. The Bertz CT molecular complexity index is 430. The van der Waals surface area contributed by atoms with Crippen molar-refractivity contribution in [3.63, 3.8) is 0 Å². The first-order chi connectivity index (χ1) is 8.65. The fourth-order valence-corrected chi connectivity index (χ4v) is 3.20. The summed E-state index contributed by atoms with van der Waals surface area (Å²) in [6.45, 7) is 1.98. The summed E-state index contributed by atoms with van der Waals surface area (Å²) in [5, 5.41) is 3.05. The third-order valence-electron chi connectivity index (χ3n) is 2.68. The fraction of sp³-hybridized carbons (Fsp3) is 0.545. The van der Waals surface area contributed by atoms with Gasteiger partial charge in [0.15, 0.2) is 5.96 Å². The summed E-state index contributed by atoms with van der Waals surface area (Å²) in [5.41, 5.74) is 6.66. The molecule has 1 fully saturated rings. The molecule has 18 heavy (non-hydrogen) atoms. The van der Waals surface area contributed by atoms with Crippen molar-refractivity contribution in [3.05, 3.63) is 20.3 Å². The van der Waals surface area contributed by atoms with Gasteiger partial charge in [-0.2, -0.15) is 0 Å². The smallest absolute Gasteiger partial charge is 0.189 e. The zero-order valence-electron chi connectivity index (χ0n) is 9.79. The van der Waals surface area contributed by atoms with E-state index in [1.54, 1.807) is 0 Å². The number of ether oxygens (including phenoxy) is 1. The SMILES string of the molecule is NC(=NCc1cc(Cl)sc1Cl)NCC1CCCO1. The van der Waals surface area contributed by atoms with Gasteiger partial charge in [0.25, 0.3) is 0 Å². The second-order valence-electron chi connectivity index (χ2n) is 4.07. The molecule has 1 unspecified atom stereocenters. The summed E-state index contributed by atoms with van der Waals surface area (Å²) in [6, 6.07) is 1.81. The molecule has 1 aliphatic rings. The van der Waals surface area contributed by atoms with Gasteiger partial charge in [0.2, 0.25) is 0 Å². The van der Waals surface area contributed by atoms with Gasteiger partial charge in [0.05, 0.1) is 21.3 Å². The van der Waals surface area contributed by atoms with Crippen LogP contribution in [0.2, 0.25) is 8.67 Å². The lowest BCUT2D eigenvalue weighted by molar-refractivity contribution is 0.114. The lowest BCUT2D eigenvalue weighted by Gasteiger charge is -2.10. The Labute approximate surface area is 120 Å². The number of halogens is 2. The van der Waals surface area contributed by atoms with Gasteiger partial charge in [-0.1, -0.05) is 23.2 Å². The monoisotopic (exact) mass is 307 g/mol. The summed E-state index contributed by atoms with van der Waals surface area (Å²) in [7, 11) is 0. The summed E-state index contributed by atoms with van der Waals surface area (Å²) >= 11 is 13.2. The minimum atomic E-state index is 0.248. The van der Waals surface area contributed by atoms with Crippen molar-refractivity contribution in [1.82, 2.24) is 5.32 Å². The maximum atomic E-state index is 5.99. The molecule has 1 aliphatic heterocycles. The van der Waals surface area contributed by atoms with Crippen molar-refractivity contribution in [2.24, 2.45) is 10.7 Å². The second-order valence-corrected chi connectivity index (χ2v) is 6.35. The molecule has 7 heteroatoms. The Balaban J connectivity index is 1.79. The van der Waals surface area contributed by atoms with Crippen molar-refractivity contribution < 1.29 is 4.74 Å². The molecule has 0 bridgehead atoms. The highest BCUT2D eigenvalue weighted by molar-refractivity contribution is 7.20. The molecule has 0 radical (unpaired) electrons. The topological polar surface area (TPSA) is 59.6 Å². The highest BCUT2D eigenvalue weighted by Gasteiger charge is 2.14. The predicted molar refractivity (Wildman–Crippen MR) is 76.6 cm³/mol. The van der Waals surface area contributed by atoms with Crippen molar-refractivity contribution >= 4 is 40.5 Å². The third kappa shape index (κ3) is 4.02.